The molecular weight excluding hydrogens is 256 g/mol. The van der Waals surface area contributed by atoms with E-state index in [1.54, 1.807) is 4.90 Å². The van der Waals surface area contributed by atoms with Gasteiger partial charge in [-0.3, -0.25) is 4.79 Å². The lowest BCUT2D eigenvalue weighted by molar-refractivity contribution is -0.150. The third-order valence-corrected chi connectivity index (χ3v) is 4.63. The number of rotatable bonds is 2. The molecule has 2 atom stereocenters. The van der Waals surface area contributed by atoms with Crippen LogP contribution in [0.2, 0.25) is 0 Å². The summed E-state index contributed by atoms with van der Waals surface area (Å²) in [6.45, 7) is 5.71. The minimum Gasteiger partial charge on any atom is -0.372 e. The van der Waals surface area contributed by atoms with Crippen molar-refractivity contribution in [3.8, 4) is 0 Å². The molecule has 2 saturated heterocycles. The van der Waals surface area contributed by atoms with Crippen molar-refractivity contribution in [3.05, 3.63) is 0 Å². The maximum Gasteiger partial charge on any atom is 0.228 e. The van der Waals surface area contributed by atoms with E-state index in [1.807, 2.05) is 13.8 Å². The highest BCUT2D eigenvalue weighted by atomic mass is 32.2. The zero-order valence-corrected chi connectivity index (χ0v) is 11.8. The Morgan fingerprint density at radius 2 is 1.61 bits per heavy atom. The number of nitrogens with zero attached hydrogens (tertiary/aromatic N) is 2. The van der Waals surface area contributed by atoms with Crippen LogP contribution in [-0.2, 0) is 19.6 Å². The van der Waals surface area contributed by atoms with E-state index in [0.29, 0.717) is 26.2 Å². The second-order valence-corrected chi connectivity index (χ2v) is 7.26. The van der Waals surface area contributed by atoms with Gasteiger partial charge in [0.05, 0.1) is 24.4 Å². The predicted octanol–water partition coefficient (Wildman–Crippen LogP) is -0.486. The van der Waals surface area contributed by atoms with Gasteiger partial charge < -0.3 is 9.64 Å². The summed E-state index contributed by atoms with van der Waals surface area (Å²) >= 11 is 0. The summed E-state index contributed by atoms with van der Waals surface area (Å²) in [5, 5.41) is 0. The fourth-order valence-electron chi connectivity index (χ4n) is 2.48. The summed E-state index contributed by atoms with van der Waals surface area (Å²) in [4.78, 5) is 14.0. The van der Waals surface area contributed by atoms with Gasteiger partial charge in [0.1, 0.15) is 0 Å². The van der Waals surface area contributed by atoms with Crippen LogP contribution >= 0.6 is 0 Å². The standard InChI is InChI=1S/C11H20N2O4S/c1-8-4-12(5-9(2)17-8)11(14)10-6-13(7-10)18(3,15)16/h8-10H,4-7H2,1-3H3/t8-,9-/m0/s1. The van der Waals surface area contributed by atoms with Gasteiger partial charge in [0.25, 0.3) is 0 Å². The molecule has 1 amide bonds. The molecule has 0 saturated carbocycles. The Balaban J connectivity index is 1.90. The average molecular weight is 276 g/mol. The Morgan fingerprint density at radius 3 is 2.06 bits per heavy atom. The molecule has 18 heavy (non-hydrogen) atoms. The average Bonchev–Trinajstić information content (AvgIpc) is 2.10. The molecule has 6 nitrogen and oxygen atoms in total. The second-order valence-electron chi connectivity index (χ2n) is 5.28. The molecule has 2 rings (SSSR count). The molecule has 0 aromatic carbocycles. The van der Waals surface area contributed by atoms with Crippen LogP contribution in [0.3, 0.4) is 0 Å². The third kappa shape index (κ3) is 2.84. The molecule has 0 aromatic heterocycles. The Labute approximate surface area is 108 Å². The van der Waals surface area contributed by atoms with Crippen LogP contribution in [-0.4, -0.2) is 68.2 Å². The van der Waals surface area contributed by atoms with Gasteiger partial charge in [0.2, 0.25) is 15.9 Å². The van der Waals surface area contributed by atoms with E-state index in [1.165, 1.54) is 10.6 Å². The first kappa shape index (κ1) is 13.8. The monoisotopic (exact) mass is 276 g/mol. The SMILES string of the molecule is C[C@H]1CN(C(=O)C2CN(S(C)(=O)=O)C2)C[C@H](C)O1. The number of hydrogen-bond donors (Lipinski definition) is 0. The van der Waals surface area contributed by atoms with Crippen molar-refractivity contribution in [2.24, 2.45) is 5.92 Å². The highest BCUT2D eigenvalue weighted by Crippen LogP contribution is 2.22. The van der Waals surface area contributed by atoms with E-state index >= 15 is 0 Å². The first-order chi connectivity index (χ1) is 8.27. The molecule has 0 radical (unpaired) electrons. The number of carbonyl (C=O) groups is 1. The van der Waals surface area contributed by atoms with Gasteiger partial charge >= 0.3 is 0 Å². The zero-order valence-electron chi connectivity index (χ0n) is 11.0. The zero-order chi connectivity index (χ0) is 13.5. The van der Waals surface area contributed by atoms with Crippen LogP contribution in [0.25, 0.3) is 0 Å². The van der Waals surface area contributed by atoms with Crippen molar-refractivity contribution < 1.29 is 17.9 Å². The lowest BCUT2D eigenvalue weighted by atomic mass is 10.0. The van der Waals surface area contributed by atoms with Crippen LogP contribution < -0.4 is 0 Å². The van der Waals surface area contributed by atoms with Gasteiger partial charge in [-0.15, -0.1) is 0 Å². The van der Waals surface area contributed by atoms with E-state index < -0.39 is 10.0 Å². The van der Waals surface area contributed by atoms with Gasteiger partial charge in [-0.1, -0.05) is 0 Å². The lowest BCUT2D eigenvalue weighted by Gasteiger charge is -2.42. The summed E-state index contributed by atoms with van der Waals surface area (Å²) in [7, 11) is -3.15. The third-order valence-electron chi connectivity index (χ3n) is 3.40. The van der Waals surface area contributed by atoms with E-state index in [4.69, 9.17) is 4.74 Å². The van der Waals surface area contributed by atoms with Crippen molar-refractivity contribution in [3.63, 3.8) is 0 Å². The summed E-state index contributed by atoms with van der Waals surface area (Å²) in [5.41, 5.74) is 0. The molecule has 2 aliphatic rings. The fourth-order valence-corrected chi connectivity index (χ4v) is 3.38. The minimum absolute atomic E-state index is 0.0452. The number of morpholine rings is 1. The smallest absolute Gasteiger partial charge is 0.228 e. The Kier molecular flexibility index (Phi) is 3.66. The molecule has 0 unspecified atom stereocenters. The topological polar surface area (TPSA) is 66.9 Å². The second kappa shape index (κ2) is 4.79. The van der Waals surface area contributed by atoms with E-state index in [2.05, 4.69) is 0 Å². The minimum atomic E-state index is -3.15. The number of ether oxygens (including phenoxy) is 1. The van der Waals surface area contributed by atoms with Gasteiger partial charge in [-0.05, 0) is 13.8 Å². The molecule has 2 heterocycles. The Bertz CT molecular complexity index is 420. The Hall–Kier alpha value is -0.660. The number of sulfonamides is 1. The van der Waals surface area contributed by atoms with Crippen LogP contribution in [0.4, 0.5) is 0 Å². The molecule has 0 N–H and O–H groups in total. The highest BCUT2D eigenvalue weighted by molar-refractivity contribution is 7.88. The first-order valence-electron chi connectivity index (χ1n) is 6.16. The lowest BCUT2D eigenvalue weighted by Crippen LogP contribution is -2.59. The largest absolute Gasteiger partial charge is 0.372 e. The van der Waals surface area contributed by atoms with Crippen LogP contribution in [0.1, 0.15) is 13.8 Å². The molecule has 0 aliphatic carbocycles. The van der Waals surface area contributed by atoms with Gasteiger partial charge in [0.15, 0.2) is 0 Å². The molecule has 0 aromatic rings. The van der Waals surface area contributed by atoms with Gasteiger partial charge in [-0.25, -0.2) is 12.7 Å². The van der Waals surface area contributed by atoms with E-state index in [0.717, 1.165) is 0 Å². The van der Waals surface area contributed by atoms with Gasteiger partial charge in [0, 0.05) is 26.2 Å². The van der Waals surface area contributed by atoms with E-state index in [9.17, 15) is 13.2 Å². The molecule has 7 heteroatoms. The van der Waals surface area contributed by atoms with Crippen LogP contribution in [0.15, 0.2) is 0 Å². The molecule has 2 aliphatic heterocycles. The first-order valence-corrected chi connectivity index (χ1v) is 8.01. The number of amides is 1. The molecule has 104 valence electrons. The molecule has 0 spiro atoms. The Morgan fingerprint density at radius 1 is 1.11 bits per heavy atom. The molecule has 0 bridgehead atoms. The maximum absolute atomic E-state index is 12.2. The summed E-state index contributed by atoms with van der Waals surface area (Å²) < 4.78 is 29.4. The molecule has 2 fully saturated rings. The fraction of sp³-hybridized carbons (Fsp3) is 0.909. The number of hydrogen-bond acceptors (Lipinski definition) is 4. The highest BCUT2D eigenvalue weighted by Gasteiger charge is 2.40. The number of carbonyl (C=O) groups excluding carboxylic acids is 1. The van der Waals surface area contributed by atoms with Crippen molar-refractivity contribution in [2.45, 2.75) is 26.1 Å². The van der Waals surface area contributed by atoms with Crippen molar-refractivity contribution in [1.29, 1.82) is 0 Å². The predicted molar refractivity (Wildman–Crippen MR) is 66.5 cm³/mol. The molecular formula is C11H20N2O4S. The van der Waals surface area contributed by atoms with Gasteiger partial charge in [-0.2, -0.15) is 0 Å². The maximum atomic E-state index is 12.2. The normalized spacial score (nSPS) is 31.2. The van der Waals surface area contributed by atoms with Crippen LogP contribution in [0.5, 0.6) is 0 Å². The summed E-state index contributed by atoms with van der Waals surface area (Å²) in [5.74, 6) is -0.130. The quantitative estimate of drug-likeness (QED) is 0.683. The van der Waals surface area contributed by atoms with Crippen LogP contribution in [0, 0.1) is 5.92 Å². The van der Waals surface area contributed by atoms with Crippen molar-refractivity contribution >= 4 is 15.9 Å². The van der Waals surface area contributed by atoms with E-state index in [-0.39, 0.29) is 24.0 Å². The summed E-state index contributed by atoms with van der Waals surface area (Å²) in [6, 6.07) is 0. The van der Waals surface area contributed by atoms with Crippen molar-refractivity contribution in [1.82, 2.24) is 9.21 Å². The summed E-state index contributed by atoms with van der Waals surface area (Å²) in [6.07, 6.45) is 1.26. The van der Waals surface area contributed by atoms with Crippen molar-refractivity contribution in [2.75, 3.05) is 32.4 Å².